The van der Waals surface area contributed by atoms with Crippen molar-refractivity contribution in [3.63, 3.8) is 0 Å². The topological polar surface area (TPSA) is 22.1 Å². The van der Waals surface area contributed by atoms with Gasteiger partial charge in [-0.2, -0.15) is 0 Å². The fraction of sp³-hybridized carbons (Fsp3) is 0.643. The summed E-state index contributed by atoms with van der Waals surface area (Å²) in [6.45, 7) is 11.9. The summed E-state index contributed by atoms with van der Waals surface area (Å²) in [6, 6.07) is 5.52. The molecule has 0 N–H and O–H groups in total. The number of alkyl halides is 1. The Kier molecular flexibility index (Phi) is 4.33. The molecule has 0 saturated heterocycles. The van der Waals surface area contributed by atoms with Crippen LogP contribution in [0.3, 0.4) is 0 Å². The highest BCUT2D eigenvalue weighted by Crippen LogP contribution is 2.41. The second-order valence-electron chi connectivity index (χ2n) is 6.44. The molecule has 0 aliphatic rings. The molecule has 0 spiro atoms. The van der Waals surface area contributed by atoms with Crippen LogP contribution in [0.25, 0.3) is 0 Å². The molecule has 18 heavy (non-hydrogen) atoms. The lowest BCUT2D eigenvalue weighted by molar-refractivity contribution is 0.0381. The van der Waals surface area contributed by atoms with Gasteiger partial charge >= 0.3 is 0 Å². The number of rotatable bonds is 4. The smallest absolute Gasteiger partial charge is 0.193 e. The largest absolute Gasteiger partial charge is 0.403 e. The molecule has 0 aliphatic heterocycles. The van der Waals surface area contributed by atoms with Crippen LogP contribution in [0, 0.1) is 0 Å². The minimum Gasteiger partial charge on any atom is -0.403 e. The molecular formula is C14H24FNOSi. The zero-order chi connectivity index (χ0) is 14.0. The van der Waals surface area contributed by atoms with Crippen LogP contribution >= 0.6 is 0 Å². The highest BCUT2D eigenvalue weighted by Gasteiger charge is 2.44. The van der Waals surface area contributed by atoms with Gasteiger partial charge in [0.15, 0.2) is 8.32 Å². The van der Waals surface area contributed by atoms with E-state index in [1.54, 1.807) is 13.1 Å². The normalized spacial score (nSPS) is 16.4. The lowest BCUT2D eigenvalue weighted by Crippen LogP contribution is -2.48. The number of nitrogens with zero attached hydrogens (tertiary/aromatic N) is 1. The SMILES string of the molecule is CC(CF)(O[Si](C)(C)C(C)(C)C)c1ccccn1. The molecule has 0 bridgehead atoms. The second-order valence-corrected chi connectivity index (χ2v) is 11.2. The standard InChI is InChI=1S/C14H24FNOSi/c1-13(2,3)18(5,6)17-14(4,11-15)12-9-7-8-10-16-12/h7-10H,11H2,1-6H3. The first-order valence-corrected chi connectivity index (χ1v) is 9.21. The van der Waals surface area contributed by atoms with Crippen LogP contribution in [0.2, 0.25) is 18.1 Å². The summed E-state index contributed by atoms with van der Waals surface area (Å²) in [7, 11) is -2.02. The zero-order valence-corrected chi connectivity index (χ0v) is 13.2. The highest BCUT2D eigenvalue weighted by molar-refractivity contribution is 6.74. The quantitative estimate of drug-likeness (QED) is 0.761. The van der Waals surface area contributed by atoms with Crippen LogP contribution in [-0.2, 0) is 10.0 Å². The Morgan fingerprint density at radius 2 is 1.83 bits per heavy atom. The van der Waals surface area contributed by atoms with Crippen molar-refractivity contribution in [2.45, 2.75) is 51.4 Å². The Hall–Kier alpha value is -0.743. The number of pyridine rings is 1. The van der Waals surface area contributed by atoms with Gasteiger partial charge in [-0.05, 0) is 37.2 Å². The van der Waals surface area contributed by atoms with Crippen molar-refractivity contribution in [1.29, 1.82) is 0 Å². The van der Waals surface area contributed by atoms with Crippen molar-refractivity contribution in [3.05, 3.63) is 30.1 Å². The van der Waals surface area contributed by atoms with Crippen molar-refractivity contribution in [1.82, 2.24) is 4.98 Å². The molecule has 1 rings (SSSR count). The molecule has 0 amide bonds. The van der Waals surface area contributed by atoms with E-state index in [9.17, 15) is 4.39 Å². The Morgan fingerprint density at radius 3 is 2.22 bits per heavy atom. The summed E-state index contributed by atoms with van der Waals surface area (Å²) >= 11 is 0. The summed E-state index contributed by atoms with van der Waals surface area (Å²) in [4.78, 5) is 4.25. The molecule has 0 aliphatic carbocycles. The second kappa shape index (κ2) is 5.09. The van der Waals surface area contributed by atoms with E-state index in [2.05, 4.69) is 38.8 Å². The third-order valence-corrected chi connectivity index (χ3v) is 8.32. The molecule has 1 unspecified atom stereocenters. The van der Waals surface area contributed by atoms with Gasteiger partial charge in [-0.1, -0.05) is 26.8 Å². The van der Waals surface area contributed by atoms with E-state index in [-0.39, 0.29) is 5.04 Å². The number of hydrogen-bond donors (Lipinski definition) is 0. The van der Waals surface area contributed by atoms with Crippen LogP contribution < -0.4 is 0 Å². The van der Waals surface area contributed by atoms with Gasteiger partial charge in [0.1, 0.15) is 12.3 Å². The highest BCUT2D eigenvalue weighted by atomic mass is 28.4. The molecule has 2 nitrogen and oxygen atoms in total. The Bertz CT molecular complexity index is 389. The number of halogens is 1. The molecule has 1 heterocycles. The third-order valence-electron chi connectivity index (χ3n) is 3.75. The van der Waals surface area contributed by atoms with Crippen molar-refractivity contribution >= 4 is 8.32 Å². The monoisotopic (exact) mass is 269 g/mol. The van der Waals surface area contributed by atoms with Gasteiger partial charge in [0.2, 0.25) is 0 Å². The molecule has 1 atom stereocenters. The maximum absolute atomic E-state index is 13.5. The van der Waals surface area contributed by atoms with Crippen molar-refractivity contribution in [2.75, 3.05) is 6.67 Å². The minimum absolute atomic E-state index is 0.0538. The van der Waals surface area contributed by atoms with Gasteiger partial charge in [-0.3, -0.25) is 4.98 Å². The predicted molar refractivity (Wildman–Crippen MR) is 75.8 cm³/mol. The average molecular weight is 269 g/mol. The number of hydrogen-bond acceptors (Lipinski definition) is 2. The Morgan fingerprint density at radius 1 is 1.22 bits per heavy atom. The summed E-state index contributed by atoms with van der Waals surface area (Å²) in [5.74, 6) is 0. The van der Waals surface area contributed by atoms with E-state index in [1.165, 1.54) is 0 Å². The molecular weight excluding hydrogens is 245 g/mol. The molecule has 4 heteroatoms. The van der Waals surface area contributed by atoms with E-state index >= 15 is 0 Å². The minimum atomic E-state index is -2.02. The fourth-order valence-electron chi connectivity index (χ4n) is 1.54. The summed E-state index contributed by atoms with van der Waals surface area (Å²) < 4.78 is 19.7. The van der Waals surface area contributed by atoms with Gasteiger partial charge in [-0.25, -0.2) is 4.39 Å². The summed E-state index contributed by atoms with van der Waals surface area (Å²) in [6.07, 6.45) is 1.68. The van der Waals surface area contributed by atoms with Crippen LogP contribution in [0.5, 0.6) is 0 Å². The molecule has 0 saturated carbocycles. The molecule has 0 aromatic carbocycles. The Labute approximate surface area is 111 Å². The maximum atomic E-state index is 13.5. The first kappa shape index (κ1) is 15.3. The van der Waals surface area contributed by atoms with Crippen molar-refractivity contribution in [3.8, 4) is 0 Å². The van der Waals surface area contributed by atoms with E-state index in [1.807, 2.05) is 18.2 Å². The van der Waals surface area contributed by atoms with Crippen molar-refractivity contribution in [2.24, 2.45) is 0 Å². The predicted octanol–water partition coefficient (Wildman–Crippen LogP) is 4.29. The molecule has 1 aromatic rings. The van der Waals surface area contributed by atoms with Crippen LogP contribution in [0.15, 0.2) is 24.4 Å². The first-order chi connectivity index (χ1) is 8.12. The summed E-state index contributed by atoms with van der Waals surface area (Å²) in [5, 5.41) is 0.0538. The lowest BCUT2D eigenvalue weighted by atomic mass is 10.0. The maximum Gasteiger partial charge on any atom is 0.193 e. The molecule has 1 aromatic heterocycles. The van der Waals surface area contributed by atoms with Gasteiger partial charge in [0.05, 0.1) is 5.69 Å². The van der Waals surface area contributed by atoms with Gasteiger partial charge < -0.3 is 4.43 Å². The van der Waals surface area contributed by atoms with Gasteiger partial charge in [0, 0.05) is 6.20 Å². The number of aromatic nitrogens is 1. The molecule has 0 radical (unpaired) electrons. The first-order valence-electron chi connectivity index (χ1n) is 6.30. The molecule has 0 fully saturated rings. The van der Waals surface area contributed by atoms with E-state index in [0.717, 1.165) is 0 Å². The zero-order valence-electron chi connectivity index (χ0n) is 12.2. The van der Waals surface area contributed by atoms with Gasteiger partial charge in [0.25, 0.3) is 0 Å². The average Bonchev–Trinajstić information content (AvgIpc) is 2.28. The lowest BCUT2D eigenvalue weighted by Gasteiger charge is -2.42. The summed E-state index contributed by atoms with van der Waals surface area (Å²) in [5.41, 5.74) is -0.276. The Balaban J connectivity index is 3.05. The van der Waals surface area contributed by atoms with E-state index < -0.39 is 20.6 Å². The fourth-order valence-corrected chi connectivity index (χ4v) is 3.13. The van der Waals surface area contributed by atoms with E-state index in [0.29, 0.717) is 5.69 Å². The molecule has 102 valence electrons. The van der Waals surface area contributed by atoms with Gasteiger partial charge in [-0.15, -0.1) is 0 Å². The van der Waals surface area contributed by atoms with Crippen molar-refractivity contribution < 1.29 is 8.82 Å². The van der Waals surface area contributed by atoms with E-state index in [4.69, 9.17) is 4.43 Å². The van der Waals surface area contributed by atoms with Crippen LogP contribution in [0.4, 0.5) is 4.39 Å². The van der Waals surface area contributed by atoms with Crippen LogP contribution in [0.1, 0.15) is 33.4 Å². The van der Waals surface area contributed by atoms with Crippen LogP contribution in [-0.4, -0.2) is 20.0 Å². The third kappa shape index (κ3) is 3.17.